The molecule has 0 atom stereocenters. The highest BCUT2D eigenvalue weighted by Gasteiger charge is 2.16. The summed E-state index contributed by atoms with van der Waals surface area (Å²) in [6, 6.07) is 6.23. The van der Waals surface area contributed by atoms with Crippen molar-refractivity contribution in [1.29, 1.82) is 0 Å². The summed E-state index contributed by atoms with van der Waals surface area (Å²) in [5.41, 5.74) is 1.65. The van der Waals surface area contributed by atoms with Gasteiger partial charge in [-0.05, 0) is 37.3 Å². The van der Waals surface area contributed by atoms with E-state index in [0.717, 1.165) is 28.9 Å². The third-order valence-corrected chi connectivity index (χ3v) is 6.45. The van der Waals surface area contributed by atoms with Gasteiger partial charge in [-0.15, -0.1) is 11.3 Å². The molecule has 11 heteroatoms. The molecule has 3 rings (SSSR count). The monoisotopic (exact) mass is 454 g/mol. The van der Waals surface area contributed by atoms with Gasteiger partial charge in [0.2, 0.25) is 10.0 Å². The Morgan fingerprint density at radius 1 is 1.24 bits per heavy atom. The molecule has 1 aromatic carbocycles. The van der Waals surface area contributed by atoms with Crippen LogP contribution in [0.15, 0.2) is 46.8 Å². The zero-order valence-corrected chi connectivity index (χ0v) is 17.5. The van der Waals surface area contributed by atoms with E-state index in [0.29, 0.717) is 17.8 Å². The number of pyridine rings is 1. The van der Waals surface area contributed by atoms with Crippen LogP contribution in [0.5, 0.6) is 0 Å². The van der Waals surface area contributed by atoms with Crippen molar-refractivity contribution in [2.45, 2.75) is 24.9 Å². The van der Waals surface area contributed by atoms with Gasteiger partial charge in [-0.3, -0.25) is 9.78 Å². The molecular formula is C18H16ClFN4O3S2. The first-order valence-electron chi connectivity index (χ1n) is 8.33. The Balaban J connectivity index is 1.58. The van der Waals surface area contributed by atoms with E-state index < -0.39 is 15.8 Å². The van der Waals surface area contributed by atoms with Crippen LogP contribution in [0.4, 0.5) is 4.39 Å². The molecule has 0 spiro atoms. The number of sulfonamides is 1. The second-order valence-corrected chi connectivity index (χ2v) is 9.12. The highest BCUT2D eigenvalue weighted by Crippen LogP contribution is 2.19. The minimum atomic E-state index is -3.89. The zero-order chi connectivity index (χ0) is 21.0. The molecule has 0 radical (unpaired) electrons. The number of hydrogen-bond donors (Lipinski definition) is 2. The van der Waals surface area contributed by atoms with Crippen LogP contribution in [-0.4, -0.2) is 24.3 Å². The number of thiazole rings is 1. The first-order chi connectivity index (χ1) is 13.7. The summed E-state index contributed by atoms with van der Waals surface area (Å²) in [5, 5.41) is 5.17. The summed E-state index contributed by atoms with van der Waals surface area (Å²) in [5.74, 6) is -1.01. The van der Waals surface area contributed by atoms with Crippen LogP contribution in [0.3, 0.4) is 0 Å². The van der Waals surface area contributed by atoms with E-state index in [4.69, 9.17) is 11.6 Å². The van der Waals surface area contributed by atoms with E-state index in [1.165, 1.54) is 17.5 Å². The summed E-state index contributed by atoms with van der Waals surface area (Å²) in [4.78, 5) is 20.4. The van der Waals surface area contributed by atoms with Crippen molar-refractivity contribution in [2.75, 3.05) is 0 Å². The Hall–Kier alpha value is -2.40. The van der Waals surface area contributed by atoms with Crippen LogP contribution in [-0.2, 0) is 23.1 Å². The van der Waals surface area contributed by atoms with Crippen molar-refractivity contribution >= 4 is 38.9 Å². The number of hydrogen-bond acceptors (Lipinski definition) is 6. The molecule has 2 aromatic heterocycles. The maximum Gasteiger partial charge on any atom is 0.253 e. The minimum absolute atomic E-state index is 0.0996. The summed E-state index contributed by atoms with van der Waals surface area (Å²) < 4.78 is 40.1. The van der Waals surface area contributed by atoms with E-state index in [2.05, 4.69) is 20.0 Å². The highest BCUT2D eigenvalue weighted by molar-refractivity contribution is 7.89. The molecule has 3 aromatic rings. The lowest BCUT2D eigenvalue weighted by molar-refractivity contribution is 0.0950. The Bertz CT molecular complexity index is 1130. The molecule has 0 bridgehead atoms. The van der Waals surface area contributed by atoms with Gasteiger partial charge in [0.25, 0.3) is 5.91 Å². The van der Waals surface area contributed by atoms with Crippen molar-refractivity contribution in [3.05, 3.63) is 74.7 Å². The Labute approximate surface area is 176 Å². The topological polar surface area (TPSA) is 101 Å². The fourth-order valence-electron chi connectivity index (χ4n) is 2.30. The van der Waals surface area contributed by atoms with Crippen LogP contribution in [0.2, 0.25) is 5.02 Å². The molecule has 0 aliphatic carbocycles. The number of amides is 1. The van der Waals surface area contributed by atoms with Crippen LogP contribution in [0.1, 0.15) is 26.8 Å². The van der Waals surface area contributed by atoms with E-state index >= 15 is 0 Å². The van der Waals surface area contributed by atoms with Crippen molar-refractivity contribution in [2.24, 2.45) is 0 Å². The molecule has 7 nitrogen and oxygen atoms in total. The summed E-state index contributed by atoms with van der Waals surface area (Å²) in [6.07, 6.45) is 1.36. The quantitative estimate of drug-likeness (QED) is 0.571. The number of benzene rings is 1. The van der Waals surface area contributed by atoms with E-state index in [1.807, 2.05) is 12.3 Å². The van der Waals surface area contributed by atoms with E-state index in [9.17, 15) is 17.6 Å². The Morgan fingerprint density at radius 3 is 2.66 bits per heavy atom. The largest absolute Gasteiger partial charge is 0.345 e. The average Bonchev–Trinajstić information content (AvgIpc) is 3.12. The molecule has 0 unspecified atom stereocenters. The average molecular weight is 455 g/mol. The maximum absolute atomic E-state index is 13.2. The van der Waals surface area contributed by atoms with Gasteiger partial charge in [0.05, 0.1) is 34.3 Å². The SMILES string of the molecule is Cc1csc(CNC(=O)c2ccc(CNS(=O)(=O)c3ccc(F)c(Cl)c3)nc2)n1. The number of nitrogens with zero attached hydrogens (tertiary/aromatic N) is 2. The van der Waals surface area contributed by atoms with Gasteiger partial charge in [0.15, 0.2) is 0 Å². The lowest BCUT2D eigenvalue weighted by Crippen LogP contribution is -2.25. The van der Waals surface area contributed by atoms with Crippen molar-refractivity contribution in [3.63, 3.8) is 0 Å². The van der Waals surface area contributed by atoms with Gasteiger partial charge < -0.3 is 5.32 Å². The van der Waals surface area contributed by atoms with Gasteiger partial charge in [0, 0.05) is 17.3 Å². The number of aromatic nitrogens is 2. The van der Waals surface area contributed by atoms with E-state index in [-0.39, 0.29) is 22.4 Å². The standard InChI is InChI=1S/C18H16ClFN4O3S2/c1-11-10-28-17(24-11)9-22-18(25)12-2-3-13(21-7-12)8-23-29(26,27)14-4-5-16(20)15(19)6-14/h2-7,10,23H,8-9H2,1H3,(H,22,25). The summed E-state index contributed by atoms with van der Waals surface area (Å²) in [6.45, 7) is 2.10. The fourth-order valence-corrected chi connectivity index (χ4v) is 4.28. The first kappa shape index (κ1) is 21.3. The number of aryl methyl sites for hydroxylation is 1. The zero-order valence-electron chi connectivity index (χ0n) is 15.1. The number of carbonyl (C=O) groups excluding carboxylic acids is 1. The molecule has 0 fully saturated rings. The van der Waals surface area contributed by atoms with Gasteiger partial charge in [-0.1, -0.05) is 11.6 Å². The predicted octanol–water partition coefficient (Wildman–Crippen LogP) is 3.05. The number of nitrogens with one attached hydrogen (secondary N) is 2. The van der Waals surface area contributed by atoms with Gasteiger partial charge in [-0.2, -0.15) is 0 Å². The summed E-state index contributed by atoms with van der Waals surface area (Å²) >= 11 is 7.09. The third-order valence-electron chi connectivity index (χ3n) is 3.80. The number of carbonyl (C=O) groups is 1. The molecule has 2 heterocycles. The molecule has 0 aliphatic heterocycles. The van der Waals surface area contributed by atoms with Gasteiger partial charge in [-0.25, -0.2) is 22.5 Å². The van der Waals surface area contributed by atoms with Crippen molar-refractivity contribution < 1.29 is 17.6 Å². The highest BCUT2D eigenvalue weighted by atomic mass is 35.5. The second-order valence-electron chi connectivity index (χ2n) is 6.00. The Morgan fingerprint density at radius 2 is 2.03 bits per heavy atom. The van der Waals surface area contributed by atoms with Crippen LogP contribution < -0.4 is 10.0 Å². The van der Waals surface area contributed by atoms with Gasteiger partial charge >= 0.3 is 0 Å². The second kappa shape index (κ2) is 8.95. The minimum Gasteiger partial charge on any atom is -0.345 e. The molecule has 0 saturated carbocycles. The first-order valence-corrected chi connectivity index (χ1v) is 11.1. The molecule has 0 aliphatic rings. The normalized spacial score (nSPS) is 11.4. The Kier molecular flexibility index (Phi) is 6.58. The lowest BCUT2D eigenvalue weighted by Gasteiger charge is -2.08. The number of rotatable bonds is 7. The molecule has 2 N–H and O–H groups in total. The molecule has 1 amide bonds. The predicted molar refractivity (Wildman–Crippen MR) is 108 cm³/mol. The third kappa shape index (κ3) is 5.57. The van der Waals surface area contributed by atoms with Crippen molar-refractivity contribution in [1.82, 2.24) is 20.0 Å². The molecule has 152 valence electrons. The molecule has 0 saturated heterocycles. The number of halogens is 2. The van der Waals surface area contributed by atoms with Crippen LogP contribution in [0, 0.1) is 12.7 Å². The molecular weight excluding hydrogens is 439 g/mol. The van der Waals surface area contributed by atoms with Crippen LogP contribution in [0.25, 0.3) is 0 Å². The lowest BCUT2D eigenvalue weighted by atomic mass is 10.2. The fraction of sp³-hybridized carbons (Fsp3) is 0.167. The van der Waals surface area contributed by atoms with E-state index in [1.54, 1.807) is 12.1 Å². The maximum atomic E-state index is 13.2. The van der Waals surface area contributed by atoms with Crippen molar-refractivity contribution in [3.8, 4) is 0 Å². The molecule has 29 heavy (non-hydrogen) atoms. The van der Waals surface area contributed by atoms with Crippen LogP contribution >= 0.6 is 22.9 Å². The summed E-state index contributed by atoms with van der Waals surface area (Å²) in [7, 11) is -3.89. The van der Waals surface area contributed by atoms with Gasteiger partial charge in [0.1, 0.15) is 10.8 Å². The smallest absolute Gasteiger partial charge is 0.253 e.